The number of hydrogen-bond acceptors (Lipinski definition) is 2. The zero-order chi connectivity index (χ0) is 44.0. The Balaban J connectivity index is 0.914. The van der Waals surface area contributed by atoms with E-state index in [2.05, 4.69) is 255 Å². The van der Waals surface area contributed by atoms with Crippen LogP contribution in [0, 0.1) is 0 Å². The van der Waals surface area contributed by atoms with Gasteiger partial charge in [0.05, 0.1) is 5.41 Å². The molecule has 0 atom stereocenters. The predicted molar refractivity (Wildman–Crippen MR) is 272 cm³/mol. The van der Waals surface area contributed by atoms with Gasteiger partial charge in [0.1, 0.15) is 11.5 Å². The molecule has 10 aromatic rings. The van der Waals surface area contributed by atoms with E-state index in [4.69, 9.17) is 4.74 Å². The van der Waals surface area contributed by atoms with Crippen molar-refractivity contribution in [3.8, 4) is 67.1 Å². The highest BCUT2D eigenvalue weighted by Gasteiger charge is 2.51. The second-order valence-electron chi connectivity index (χ2n) is 18.4. The first kappa shape index (κ1) is 38.3. The van der Waals surface area contributed by atoms with Gasteiger partial charge in [0, 0.05) is 39.2 Å². The first-order valence-corrected chi connectivity index (χ1v) is 23.0. The van der Waals surface area contributed by atoms with Crippen LogP contribution in [0.25, 0.3) is 55.6 Å². The van der Waals surface area contributed by atoms with Crippen molar-refractivity contribution < 1.29 is 4.74 Å². The third-order valence-electron chi connectivity index (χ3n) is 14.6. The van der Waals surface area contributed by atoms with Crippen molar-refractivity contribution in [1.29, 1.82) is 0 Å². The largest absolute Gasteiger partial charge is 0.456 e. The summed E-state index contributed by atoms with van der Waals surface area (Å²) in [4.78, 5) is 2.37. The second kappa shape index (κ2) is 14.7. The molecule has 0 saturated heterocycles. The highest BCUT2D eigenvalue weighted by molar-refractivity contribution is 5.91. The Morgan fingerprint density at radius 1 is 0.303 bits per heavy atom. The lowest BCUT2D eigenvalue weighted by molar-refractivity contribution is 0.438. The van der Waals surface area contributed by atoms with Gasteiger partial charge in [0.25, 0.3) is 0 Å². The first-order valence-electron chi connectivity index (χ1n) is 23.0. The quantitative estimate of drug-likeness (QED) is 0.165. The fourth-order valence-electron chi connectivity index (χ4n) is 11.5. The molecule has 0 saturated carbocycles. The van der Waals surface area contributed by atoms with Crippen LogP contribution in [0.15, 0.2) is 237 Å². The molecular weight excluding hydrogens is 799 g/mol. The maximum absolute atomic E-state index is 7.04. The second-order valence-corrected chi connectivity index (χ2v) is 18.4. The maximum atomic E-state index is 7.04. The third kappa shape index (κ3) is 5.61. The smallest absolute Gasteiger partial charge is 0.140 e. The molecule has 66 heavy (non-hydrogen) atoms. The lowest BCUT2D eigenvalue weighted by atomic mass is 9.65. The Morgan fingerprint density at radius 3 is 1.47 bits per heavy atom. The normalized spacial score (nSPS) is 14.0. The van der Waals surface area contributed by atoms with Gasteiger partial charge >= 0.3 is 0 Å². The highest BCUT2D eigenvalue weighted by atomic mass is 16.5. The molecule has 0 bridgehead atoms. The van der Waals surface area contributed by atoms with E-state index in [-0.39, 0.29) is 5.41 Å². The van der Waals surface area contributed by atoms with Crippen molar-refractivity contribution in [3.63, 3.8) is 0 Å². The van der Waals surface area contributed by atoms with Crippen molar-refractivity contribution in [2.45, 2.75) is 24.7 Å². The molecule has 2 heteroatoms. The fraction of sp³-hybridized carbons (Fsp3) is 0.0625. The van der Waals surface area contributed by atoms with Crippen LogP contribution in [0.5, 0.6) is 11.5 Å². The number of hydrogen-bond donors (Lipinski definition) is 0. The van der Waals surface area contributed by atoms with Crippen LogP contribution in [0.4, 0.5) is 17.1 Å². The predicted octanol–water partition coefficient (Wildman–Crippen LogP) is 16.9. The Labute approximate surface area is 386 Å². The summed E-state index contributed by atoms with van der Waals surface area (Å²) in [7, 11) is 0. The Kier molecular flexibility index (Phi) is 8.51. The molecule has 0 fully saturated rings. The molecule has 0 unspecified atom stereocenters. The Hall–Kier alpha value is -8.20. The Morgan fingerprint density at radius 2 is 0.773 bits per heavy atom. The standard InChI is InChI=1S/C64H45NO/c1-63(2)55-24-9-6-20-51(55)54-39-34-46(41-60(54)63)43-30-35-47(36-31-43)65(49-19-14-18-45(40-49)42-16-4-3-5-17-42)48-37-32-44(33-38-48)50-23-15-28-59-62(50)66-61-29-13-12-27-58(61)64(59)56-25-10-7-21-52(56)53-22-8-11-26-57(53)64/h3-41H,1-2H3. The number of nitrogens with zero attached hydrogens (tertiary/aromatic N) is 1. The van der Waals surface area contributed by atoms with Gasteiger partial charge in [-0.05, 0) is 121 Å². The van der Waals surface area contributed by atoms with Gasteiger partial charge in [-0.1, -0.05) is 202 Å². The lowest BCUT2D eigenvalue weighted by Gasteiger charge is -2.40. The van der Waals surface area contributed by atoms with E-state index >= 15 is 0 Å². The number of benzene rings is 10. The van der Waals surface area contributed by atoms with Crippen LogP contribution < -0.4 is 9.64 Å². The first-order chi connectivity index (χ1) is 32.5. The number of anilines is 3. The number of para-hydroxylation sites is 2. The van der Waals surface area contributed by atoms with Crippen molar-refractivity contribution >= 4 is 17.1 Å². The molecule has 1 spiro atoms. The lowest BCUT2D eigenvalue weighted by Crippen LogP contribution is -2.32. The SMILES string of the molecule is CC1(C)c2ccccc2-c2ccc(-c3ccc(N(c4ccc(-c5cccc6c5Oc5ccccc5C65c6ccccc6-c6ccccc65)cc4)c4cccc(-c5ccccc5)c4)cc3)cc21. The van der Waals surface area contributed by atoms with Gasteiger partial charge in [-0.25, -0.2) is 0 Å². The Bertz CT molecular complexity index is 3480. The van der Waals surface area contributed by atoms with Crippen molar-refractivity contribution in [2.75, 3.05) is 4.90 Å². The van der Waals surface area contributed by atoms with Crippen LogP contribution in [-0.4, -0.2) is 0 Å². The zero-order valence-electron chi connectivity index (χ0n) is 36.9. The van der Waals surface area contributed by atoms with E-state index in [1.165, 1.54) is 72.3 Å². The van der Waals surface area contributed by atoms with E-state index in [0.717, 1.165) is 45.3 Å². The molecule has 312 valence electrons. The minimum atomic E-state index is -0.513. The summed E-state index contributed by atoms with van der Waals surface area (Å²) in [6.45, 7) is 4.69. The topological polar surface area (TPSA) is 12.5 Å². The molecule has 1 heterocycles. The van der Waals surface area contributed by atoms with Crippen LogP contribution in [0.1, 0.15) is 47.2 Å². The molecule has 2 nitrogen and oxygen atoms in total. The fourth-order valence-corrected chi connectivity index (χ4v) is 11.5. The van der Waals surface area contributed by atoms with Gasteiger partial charge in [0.2, 0.25) is 0 Å². The minimum Gasteiger partial charge on any atom is -0.456 e. The van der Waals surface area contributed by atoms with Gasteiger partial charge in [-0.2, -0.15) is 0 Å². The monoisotopic (exact) mass is 843 g/mol. The van der Waals surface area contributed by atoms with Gasteiger partial charge in [0.15, 0.2) is 0 Å². The highest BCUT2D eigenvalue weighted by Crippen LogP contribution is 2.63. The van der Waals surface area contributed by atoms with E-state index in [1.54, 1.807) is 0 Å². The summed E-state index contributed by atoms with van der Waals surface area (Å²) in [6.07, 6.45) is 0. The summed E-state index contributed by atoms with van der Waals surface area (Å²) in [5, 5.41) is 0. The molecule has 1 aliphatic heterocycles. The molecule has 0 amide bonds. The van der Waals surface area contributed by atoms with Crippen LogP contribution in [-0.2, 0) is 10.8 Å². The van der Waals surface area contributed by atoms with Crippen molar-refractivity contribution in [3.05, 3.63) is 270 Å². The molecule has 2 aliphatic carbocycles. The average Bonchev–Trinajstić information content (AvgIpc) is 3.80. The molecule has 3 aliphatic rings. The molecule has 13 rings (SSSR count). The average molecular weight is 844 g/mol. The summed E-state index contributed by atoms with van der Waals surface area (Å²) in [5.74, 6) is 1.79. The van der Waals surface area contributed by atoms with E-state index in [9.17, 15) is 0 Å². The van der Waals surface area contributed by atoms with Crippen LogP contribution in [0.3, 0.4) is 0 Å². The molecule has 0 aromatic heterocycles. The molecule has 0 N–H and O–H groups in total. The number of ether oxygens (including phenoxy) is 1. The third-order valence-corrected chi connectivity index (χ3v) is 14.6. The van der Waals surface area contributed by atoms with E-state index in [0.29, 0.717) is 0 Å². The van der Waals surface area contributed by atoms with Crippen molar-refractivity contribution in [2.24, 2.45) is 0 Å². The van der Waals surface area contributed by atoms with Gasteiger partial charge < -0.3 is 9.64 Å². The molecule has 0 radical (unpaired) electrons. The number of rotatable bonds is 6. The zero-order valence-corrected chi connectivity index (χ0v) is 36.9. The minimum absolute atomic E-state index is 0.0565. The summed E-state index contributed by atoms with van der Waals surface area (Å²) in [5.41, 5.74) is 22.6. The van der Waals surface area contributed by atoms with Gasteiger partial charge in [-0.15, -0.1) is 0 Å². The van der Waals surface area contributed by atoms with E-state index < -0.39 is 5.41 Å². The van der Waals surface area contributed by atoms with Crippen LogP contribution in [0.2, 0.25) is 0 Å². The summed E-state index contributed by atoms with van der Waals surface area (Å²) < 4.78 is 7.04. The van der Waals surface area contributed by atoms with E-state index in [1.807, 2.05) is 0 Å². The maximum Gasteiger partial charge on any atom is 0.140 e. The number of fused-ring (bicyclic) bond motifs is 12. The van der Waals surface area contributed by atoms with Crippen LogP contribution >= 0.6 is 0 Å². The molecule has 10 aromatic carbocycles. The molecular formula is C64H45NO. The van der Waals surface area contributed by atoms with Gasteiger partial charge in [-0.3, -0.25) is 0 Å². The summed E-state index contributed by atoms with van der Waals surface area (Å²) >= 11 is 0. The summed E-state index contributed by atoms with van der Waals surface area (Å²) in [6, 6.07) is 86.5. The van der Waals surface area contributed by atoms with Crippen molar-refractivity contribution in [1.82, 2.24) is 0 Å².